The Kier molecular flexibility index (Phi) is 5.59. The summed E-state index contributed by atoms with van der Waals surface area (Å²) in [6.07, 6.45) is 0. The molecule has 0 spiro atoms. The monoisotopic (exact) mass is 291 g/mol. The zero-order valence-electron chi connectivity index (χ0n) is 12.9. The Balaban J connectivity index is 1.73. The van der Waals surface area contributed by atoms with Gasteiger partial charge in [-0.25, -0.2) is 0 Å². The number of benzene rings is 1. The molecule has 1 aromatic rings. The van der Waals surface area contributed by atoms with Gasteiger partial charge in [-0.3, -0.25) is 9.69 Å². The topological polar surface area (TPSA) is 53.6 Å². The number of ether oxygens (including phenoxy) is 1. The summed E-state index contributed by atoms with van der Waals surface area (Å²) >= 11 is 0. The van der Waals surface area contributed by atoms with Crippen LogP contribution >= 0.6 is 0 Å². The Morgan fingerprint density at radius 1 is 1.29 bits per heavy atom. The highest BCUT2D eigenvalue weighted by Gasteiger charge is 2.34. The average Bonchev–Trinajstić information content (AvgIpc) is 2.53. The number of rotatable bonds is 6. The van der Waals surface area contributed by atoms with Gasteiger partial charge in [0.05, 0.1) is 12.1 Å². The predicted octanol–water partition coefficient (Wildman–Crippen LogP) is 0.865. The maximum Gasteiger partial charge on any atom is 0.240 e. The Labute approximate surface area is 126 Å². The summed E-state index contributed by atoms with van der Waals surface area (Å²) in [6.45, 7) is 8.64. The molecule has 0 saturated carbocycles. The minimum atomic E-state index is -0.477. The summed E-state index contributed by atoms with van der Waals surface area (Å²) in [4.78, 5) is 14.6. The van der Waals surface area contributed by atoms with Crippen LogP contribution in [0.15, 0.2) is 30.3 Å². The van der Waals surface area contributed by atoms with Crippen molar-refractivity contribution in [3.8, 4) is 5.75 Å². The van der Waals surface area contributed by atoms with E-state index >= 15 is 0 Å². The van der Waals surface area contributed by atoms with Crippen LogP contribution in [0.2, 0.25) is 0 Å². The molecule has 2 N–H and O–H groups in total. The van der Waals surface area contributed by atoms with E-state index < -0.39 is 5.54 Å². The number of nitrogens with one attached hydrogen (secondary N) is 2. The van der Waals surface area contributed by atoms with Crippen LogP contribution in [-0.4, -0.2) is 55.7 Å². The molecule has 0 bridgehead atoms. The minimum Gasteiger partial charge on any atom is -0.492 e. The number of hydrogen-bond donors (Lipinski definition) is 2. The lowest BCUT2D eigenvalue weighted by atomic mass is 10.0. The number of nitrogens with zero attached hydrogens (tertiary/aromatic N) is 1. The van der Waals surface area contributed by atoms with Crippen molar-refractivity contribution in [2.75, 3.05) is 39.3 Å². The quantitative estimate of drug-likeness (QED) is 0.764. The summed E-state index contributed by atoms with van der Waals surface area (Å²) in [5.41, 5.74) is -0.477. The van der Waals surface area contributed by atoms with Gasteiger partial charge >= 0.3 is 0 Å². The fourth-order valence-corrected chi connectivity index (χ4v) is 2.43. The second kappa shape index (κ2) is 7.43. The van der Waals surface area contributed by atoms with Crippen LogP contribution in [0.1, 0.15) is 13.8 Å². The van der Waals surface area contributed by atoms with Gasteiger partial charge in [-0.1, -0.05) is 18.2 Å². The van der Waals surface area contributed by atoms with Gasteiger partial charge in [0.15, 0.2) is 0 Å². The van der Waals surface area contributed by atoms with E-state index in [9.17, 15) is 4.79 Å². The van der Waals surface area contributed by atoms with E-state index in [0.29, 0.717) is 13.2 Å². The van der Waals surface area contributed by atoms with Crippen molar-refractivity contribution < 1.29 is 9.53 Å². The number of piperazine rings is 1. The van der Waals surface area contributed by atoms with Crippen LogP contribution in [-0.2, 0) is 4.79 Å². The first-order valence-electron chi connectivity index (χ1n) is 7.52. The largest absolute Gasteiger partial charge is 0.492 e. The summed E-state index contributed by atoms with van der Waals surface area (Å²) in [5.74, 6) is 0.883. The second-order valence-electron chi connectivity index (χ2n) is 5.71. The van der Waals surface area contributed by atoms with E-state index in [-0.39, 0.29) is 5.91 Å². The van der Waals surface area contributed by atoms with E-state index in [1.54, 1.807) is 0 Å². The lowest BCUT2D eigenvalue weighted by Crippen LogP contribution is -2.60. The minimum absolute atomic E-state index is 0.0565. The zero-order chi connectivity index (χ0) is 15.1. The van der Waals surface area contributed by atoms with E-state index in [0.717, 1.165) is 31.9 Å². The maximum atomic E-state index is 12.3. The Bertz CT molecular complexity index is 442. The molecule has 1 aliphatic rings. The molecule has 0 aromatic heterocycles. The lowest BCUT2D eigenvalue weighted by molar-refractivity contribution is -0.132. The van der Waals surface area contributed by atoms with Crippen LogP contribution < -0.4 is 15.4 Å². The van der Waals surface area contributed by atoms with Gasteiger partial charge in [0.25, 0.3) is 0 Å². The van der Waals surface area contributed by atoms with Crippen LogP contribution in [0.25, 0.3) is 0 Å². The highest BCUT2D eigenvalue weighted by Crippen LogP contribution is 2.15. The van der Waals surface area contributed by atoms with Gasteiger partial charge in [0, 0.05) is 26.2 Å². The molecule has 2 rings (SSSR count). The standard InChI is InChI=1S/C16H25N3O2/c1-16(2,19-11-8-17-9-12-19)15(20)18-10-13-21-14-6-4-3-5-7-14/h3-7,17H,8-13H2,1-2H3,(H,18,20). The van der Waals surface area contributed by atoms with Gasteiger partial charge in [-0.2, -0.15) is 0 Å². The van der Waals surface area contributed by atoms with Crippen molar-refractivity contribution in [2.24, 2.45) is 0 Å². The first-order valence-corrected chi connectivity index (χ1v) is 7.52. The van der Waals surface area contributed by atoms with Gasteiger partial charge in [-0.15, -0.1) is 0 Å². The van der Waals surface area contributed by atoms with E-state index in [1.165, 1.54) is 0 Å². The van der Waals surface area contributed by atoms with Gasteiger partial charge < -0.3 is 15.4 Å². The average molecular weight is 291 g/mol. The first-order chi connectivity index (χ1) is 10.1. The molecular weight excluding hydrogens is 266 g/mol. The molecule has 1 saturated heterocycles. The summed E-state index contributed by atoms with van der Waals surface area (Å²) in [7, 11) is 0. The molecule has 116 valence electrons. The molecular formula is C16H25N3O2. The maximum absolute atomic E-state index is 12.3. The number of para-hydroxylation sites is 1. The van der Waals surface area contributed by atoms with E-state index in [2.05, 4.69) is 15.5 Å². The van der Waals surface area contributed by atoms with Crippen molar-refractivity contribution in [1.82, 2.24) is 15.5 Å². The molecule has 0 radical (unpaired) electrons. The second-order valence-corrected chi connectivity index (χ2v) is 5.71. The van der Waals surface area contributed by atoms with Crippen LogP contribution in [0.4, 0.5) is 0 Å². The molecule has 5 heteroatoms. The molecule has 0 aliphatic carbocycles. The Hall–Kier alpha value is -1.59. The number of hydrogen-bond acceptors (Lipinski definition) is 4. The van der Waals surface area contributed by atoms with E-state index in [4.69, 9.17) is 4.74 Å². The van der Waals surface area contributed by atoms with Crippen LogP contribution in [0.5, 0.6) is 5.75 Å². The highest BCUT2D eigenvalue weighted by atomic mass is 16.5. The Morgan fingerprint density at radius 3 is 2.62 bits per heavy atom. The van der Waals surface area contributed by atoms with E-state index in [1.807, 2.05) is 44.2 Å². The molecule has 5 nitrogen and oxygen atoms in total. The number of carbonyl (C=O) groups excluding carboxylic acids is 1. The summed E-state index contributed by atoms with van der Waals surface area (Å²) in [6, 6.07) is 9.63. The summed E-state index contributed by atoms with van der Waals surface area (Å²) in [5, 5.41) is 6.27. The zero-order valence-corrected chi connectivity index (χ0v) is 12.9. The third-order valence-electron chi connectivity index (χ3n) is 3.86. The first kappa shape index (κ1) is 15.8. The van der Waals surface area contributed by atoms with Gasteiger partial charge in [0.2, 0.25) is 5.91 Å². The molecule has 21 heavy (non-hydrogen) atoms. The smallest absolute Gasteiger partial charge is 0.240 e. The lowest BCUT2D eigenvalue weighted by Gasteiger charge is -2.39. The number of carbonyl (C=O) groups is 1. The van der Waals surface area contributed by atoms with Crippen LogP contribution in [0, 0.1) is 0 Å². The molecule has 1 amide bonds. The fourth-order valence-electron chi connectivity index (χ4n) is 2.43. The fraction of sp³-hybridized carbons (Fsp3) is 0.562. The highest BCUT2D eigenvalue weighted by molar-refractivity contribution is 5.85. The molecule has 1 fully saturated rings. The van der Waals surface area contributed by atoms with Gasteiger partial charge in [-0.05, 0) is 26.0 Å². The predicted molar refractivity (Wildman–Crippen MR) is 83.5 cm³/mol. The molecule has 1 aromatic carbocycles. The normalized spacial score (nSPS) is 16.5. The molecule has 1 heterocycles. The molecule has 0 atom stereocenters. The molecule has 0 unspecified atom stereocenters. The number of amides is 1. The summed E-state index contributed by atoms with van der Waals surface area (Å²) < 4.78 is 5.58. The van der Waals surface area contributed by atoms with Crippen molar-refractivity contribution >= 4 is 5.91 Å². The van der Waals surface area contributed by atoms with Crippen molar-refractivity contribution in [3.05, 3.63) is 30.3 Å². The van der Waals surface area contributed by atoms with Gasteiger partial charge in [0.1, 0.15) is 12.4 Å². The Morgan fingerprint density at radius 2 is 1.95 bits per heavy atom. The van der Waals surface area contributed by atoms with Crippen molar-refractivity contribution in [3.63, 3.8) is 0 Å². The molecule has 1 aliphatic heterocycles. The van der Waals surface area contributed by atoms with Crippen molar-refractivity contribution in [2.45, 2.75) is 19.4 Å². The van der Waals surface area contributed by atoms with Crippen molar-refractivity contribution in [1.29, 1.82) is 0 Å². The van der Waals surface area contributed by atoms with Crippen LogP contribution in [0.3, 0.4) is 0 Å². The third kappa shape index (κ3) is 4.44. The SMILES string of the molecule is CC(C)(C(=O)NCCOc1ccccc1)N1CCNCC1. The third-order valence-corrected chi connectivity index (χ3v) is 3.86.